The Balaban J connectivity index is 1.61. The van der Waals surface area contributed by atoms with Crippen LogP contribution in [-0.4, -0.2) is 39.8 Å². The summed E-state index contributed by atoms with van der Waals surface area (Å²) in [5.74, 6) is 1.28. The number of rotatable bonds is 5. The van der Waals surface area contributed by atoms with Gasteiger partial charge in [0.05, 0.1) is 11.6 Å². The van der Waals surface area contributed by atoms with Gasteiger partial charge in [0.2, 0.25) is 5.91 Å². The van der Waals surface area contributed by atoms with Gasteiger partial charge in [-0.1, -0.05) is 0 Å². The van der Waals surface area contributed by atoms with Gasteiger partial charge < -0.3 is 10.1 Å². The highest BCUT2D eigenvalue weighted by atomic mass is 32.2. The van der Waals surface area contributed by atoms with E-state index in [0.29, 0.717) is 11.9 Å². The Kier molecular flexibility index (Phi) is 4.85. The van der Waals surface area contributed by atoms with Crippen molar-refractivity contribution in [2.24, 2.45) is 5.92 Å². The Morgan fingerprint density at radius 3 is 3.24 bits per heavy atom. The van der Waals surface area contributed by atoms with Crippen molar-refractivity contribution in [3.63, 3.8) is 0 Å². The molecule has 0 radical (unpaired) electrons. The summed E-state index contributed by atoms with van der Waals surface area (Å²) < 4.78 is 7.74. The smallest absolute Gasteiger partial charge is 0.226 e. The summed E-state index contributed by atoms with van der Waals surface area (Å²) >= 11 is 1.97. The zero-order chi connectivity index (χ0) is 14.7. The third kappa shape index (κ3) is 3.26. The van der Waals surface area contributed by atoms with Crippen LogP contribution in [0.2, 0.25) is 0 Å². The third-order valence-corrected chi connectivity index (χ3v) is 5.70. The number of nitrogens with zero attached hydrogens (tertiary/aromatic N) is 2. The standard InChI is InChI=1S/C15H23N3O2S/c1-2-18-13(5-7-17-18)14-12(6-8-20-14)15(19)16-10-11-4-3-9-21-11/h5,7,11-12,14H,2-4,6,8-10H2,1H3,(H,16,19)/t11-,12-,14-/m1/s1. The first kappa shape index (κ1) is 14.9. The molecule has 3 atom stereocenters. The van der Waals surface area contributed by atoms with Crippen LogP contribution in [0, 0.1) is 5.92 Å². The summed E-state index contributed by atoms with van der Waals surface area (Å²) in [6.45, 7) is 4.29. The Morgan fingerprint density at radius 1 is 1.57 bits per heavy atom. The molecular formula is C15H23N3O2S. The minimum absolute atomic E-state index is 0.0848. The fourth-order valence-electron chi connectivity index (χ4n) is 3.15. The van der Waals surface area contributed by atoms with Gasteiger partial charge in [0.15, 0.2) is 0 Å². The number of carbonyl (C=O) groups is 1. The van der Waals surface area contributed by atoms with Crippen molar-refractivity contribution in [2.45, 2.75) is 44.1 Å². The molecule has 3 heterocycles. The number of carbonyl (C=O) groups excluding carboxylic acids is 1. The van der Waals surface area contributed by atoms with Gasteiger partial charge in [0.25, 0.3) is 0 Å². The highest BCUT2D eigenvalue weighted by molar-refractivity contribution is 8.00. The highest BCUT2D eigenvalue weighted by Gasteiger charge is 2.37. The average molecular weight is 309 g/mol. The Labute approximate surface area is 129 Å². The molecule has 1 N–H and O–H groups in total. The van der Waals surface area contributed by atoms with Crippen LogP contribution >= 0.6 is 11.8 Å². The fourth-order valence-corrected chi connectivity index (χ4v) is 4.35. The first-order chi connectivity index (χ1) is 10.3. The molecule has 0 saturated carbocycles. The maximum absolute atomic E-state index is 12.5. The number of thioether (sulfide) groups is 1. The van der Waals surface area contributed by atoms with Crippen LogP contribution in [0.1, 0.15) is 38.0 Å². The number of nitrogens with one attached hydrogen (secondary N) is 1. The van der Waals surface area contributed by atoms with Gasteiger partial charge in [-0.25, -0.2) is 0 Å². The lowest BCUT2D eigenvalue weighted by Crippen LogP contribution is -2.36. The molecule has 0 aromatic carbocycles. The summed E-state index contributed by atoms with van der Waals surface area (Å²) in [7, 11) is 0. The van der Waals surface area contributed by atoms with E-state index < -0.39 is 0 Å². The number of amides is 1. The minimum Gasteiger partial charge on any atom is -0.371 e. The van der Waals surface area contributed by atoms with Gasteiger partial charge in [-0.3, -0.25) is 9.48 Å². The molecule has 2 saturated heterocycles. The maximum atomic E-state index is 12.5. The fraction of sp³-hybridized carbons (Fsp3) is 0.733. The molecule has 2 fully saturated rings. The first-order valence-corrected chi connectivity index (χ1v) is 8.87. The number of hydrogen-bond donors (Lipinski definition) is 1. The van der Waals surface area contributed by atoms with Crippen molar-refractivity contribution >= 4 is 17.7 Å². The summed E-state index contributed by atoms with van der Waals surface area (Å²) in [4.78, 5) is 12.5. The molecule has 1 aromatic heterocycles. The minimum atomic E-state index is -0.149. The van der Waals surface area contributed by atoms with Gasteiger partial charge in [-0.2, -0.15) is 16.9 Å². The van der Waals surface area contributed by atoms with Crippen LogP contribution in [0.15, 0.2) is 12.3 Å². The molecule has 116 valence electrons. The molecule has 1 aromatic rings. The van der Waals surface area contributed by atoms with Crippen molar-refractivity contribution < 1.29 is 9.53 Å². The third-order valence-electron chi connectivity index (χ3n) is 4.30. The topological polar surface area (TPSA) is 56.2 Å². The van der Waals surface area contributed by atoms with E-state index in [9.17, 15) is 4.79 Å². The Bertz CT molecular complexity index is 485. The highest BCUT2D eigenvalue weighted by Crippen LogP contribution is 2.34. The predicted octanol–water partition coefficient (Wildman–Crippen LogP) is 1.99. The molecule has 0 bridgehead atoms. The zero-order valence-electron chi connectivity index (χ0n) is 12.5. The second-order valence-electron chi connectivity index (χ2n) is 5.64. The molecule has 2 aliphatic rings. The van der Waals surface area contributed by atoms with Crippen molar-refractivity contribution in [3.8, 4) is 0 Å². The lowest BCUT2D eigenvalue weighted by Gasteiger charge is -2.20. The maximum Gasteiger partial charge on any atom is 0.226 e. The van der Waals surface area contributed by atoms with Crippen LogP contribution in [0.3, 0.4) is 0 Å². The van der Waals surface area contributed by atoms with Crippen LogP contribution in [0.4, 0.5) is 0 Å². The molecule has 1 amide bonds. The molecule has 5 nitrogen and oxygen atoms in total. The van der Waals surface area contributed by atoms with Crippen LogP contribution in [0.5, 0.6) is 0 Å². The van der Waals surface area contributed by atoms with Gasteiger partial charge >= 0.3 is 0 Å². The summed E-state index contributed by atoms with van der Waals surface area (Å²) in [5, 5.41) is 8.00. The van der Waals surface area contributed by atoms with Crippen LogP contribution in [0.25, 0.3) is 0 Å². The van der Waals surface area contributed by atoms with Crippen LogP contribution < -0.4 is 5.32 Å². The first-order valence-electron chi connectivity index (χ1n) is 7.82. The largest absolute Gasteiger partial charge is 0.371 e. The summed E-state index contributed by atoms with van der Waals surface area (Å²) in [6, 6.07) is 1.96. The molecule has 3 rings (SSSR count). The summed E-state index contributed by atoms with van der Waals surface area (Å²) in [5.41, 5.74) is 1.02. The molecular weight excluding hydrogens is 286 g/mol. The quantitative estimate of drug-likeness (QED) is 0.904. The van der Waals surface area contributed by atoms with E-state index in [4.69, 9.17) is 4.74 Å². The Morgan fingerprint density at radius 2 is 2.48 bits per heavy atom. The van der Waals surface area contributed by atoms with E-state index in [1.54, 1.807) is 6.20 Å². The molecule has 0 unspecified atom stereocenters. The lowest BCUT2D eigenvalue weighted by atomic mass is 9.98. The van der Waals surface area contributed by atoms with Crippen LogP contribution in [-0.2, 0) is 16.1 Å². The van der Waals surface area contributed by atoms with E-state index >= 15 is 0 Å². The lowest BCUT2D eigenvalue weighted by molar-refractivity contribution is -0.126. The van der Waals surface area contributed by atoms with Crippen molar-refractivity contribution in [1.29, 1.82) is 0 Å². The monoisotopic (exact) mass is 309 g/mol. The van der Waals surface area contributed by atoms with Crippen molar-refractivity contribution in [2.75, 3.05) is 18.9 Å². The second kappa shape index (κ2) is 6.83. The number of aromatic nitrogens is 2. The van der Waals surface area contributed by atoms with Gasteiger partial charge in [0, 0.05) is 31.1 Å². The molecule has 2 aliphatic heterocycles. The Hall–Kier alpha value is -1.01. The molecule has 0 aliphatic carbocycles. The van der Waals surface area contributed by atoms with E-state index in [2.05, 4.69) is 17.3 Å². The number of ether oxygens (including phenoxy) is 1. The SMILES string of the molecule is CCn1nccc1[C@@H]1OCC[C@H]1C(=O)NC[C@H]1CCCS1. The molecule has 0 spiro atoms. The summed E-state index contributed by atoms with van der Waals surface area (Å²) in [6.07, 6.45) is 4.92. The number of aryl methyl sites for hydroxylation is 1. The van der Waals surface area contributed by atoms with Gasteiger partial charge in [-0.05, 0) is 38.0 Å². The number of hydrogen-bond acceptors (Lipinski definition) is 4. The van der Waals surface area contributed by atoms with Crippen molar-refractivity contribution in [1.82, 2.24) is 15.1 Å². The molecule has 21 heavy (non-hydrogen) atoms. The average Bonchev–Trinajstić information content (AvgIpc) is 3.23. The normalized spacial score (nSPS) is 28.9. The zero-order valence-corrected chi connectivity index (χ0v) is 13.3. The van der Waals surface area contributed by atoms with Gasteiger partial charge in [0.1, 0.15) is 6.10 Å². The van der Waals surface area contributed by atoms with Crippen molar-refractivity contribution in [3.05, 3.63) is 18.0 Å². The predicted molar refractivity (Wildman–Crippen MR) is 83.2 cm³/mol. The van der Waals surface area contributed by atoms with Gasteiger partial charge in [-0.15, -0.1) is 0 Å². The van der Waals surface area contributed by atoms with E-state index in [1.807, 2.05) is 22.5 Å². The van der Waals surface area contributed by atoms with E-state index in [0.717, 1.165) is 25.2 Å². The van der Waals surface area contributed by atoms with E-state index in [-0.39, 0.29) is 17.9 Å². The van der Waals surface area contributed by atoms with E-state index in [1.165, 1.54) is 18.6 Å². The second-order valence-corrected chi connectivity index (χ2v) is 7.05. The molecule has 6 heteroatoms.